The Morgan fingerprint density at radius 3 is 2.77 bits per heavy atom. The summed E-state index contributed by atoms with van der Waals surface area (Å²) in [6, 6.07) is 13.4. The van der Waals surface area contributed by atoms with Crippen molar-refractivity contribution < 1.29 is 0 Å². The summed E-state index contributed by atoms with van der Waals surface area (Å²) < 4.78 is 3.55. The van der Waals surface area contributed by atoms with Crippen molar-refractivity contribution in [2.45, 2.75) is 45.4 Å². The van der Waals surface area contributed by atoms with Crippen LogP contribution in [0.5, 0.6) is 0 Å². The highest BCUT2D eigenvalue weighted by Crippen LogP contribution is 2.39. The number of hydrogen-bond acceptors (Lipinski definition) is 4. The van der Waals surface area contributed by atoms with Gasteiger partial charge in [0.25, 0.3) is 0 Å². The quantitative estimate of drug-likeness (QED) is 0.337. The normalized spacial score (nSPS) is 14.6. The zero-order valence-corrected chi connectivity index (χ0v) is 19.4. The molecule has 6 heteroatoms. The Kier molecular flexibility index (Phi) is 3.92. The fourth-order valence-electron chi connectivity index (χ4n) is 4.77. The van der Waals surface area contributed by atoms with Gasteiger partial charge in [0.1, 0.15) is 28.0 Å². The Labute approximate surface area is 180 Å². The molecule has 0 N–H and O–H groups in total. The molecule has 0 amide bonds. The van der Waals surface area contributed by atoms with Crippen molar-refractivity contribution in [1.29, 1.82) is 0 Å². The first kappa shape index (κ1) is 18.2. The minimum Gasteiger partial charge on any atom is -0.325 e. The molecule has 2 aromatic carbocycles. The lowest BCUT2D eigenvalue weighted by molar-refractivity contribution is 0.533. The Bertz CT molecular complexity index is 1440. The number of hydrogen-bond donors (Lipinski definition) is 0. The molecule has 0 aliphatic carbocycles. The number of aromatic nitrogens is 4. The third kappa shape index (κ3) is 2.67. The lowest BCUT2D eigenvalue weighted by Crippen LogP contribution is -2.38. The topological polar surface area (TPSA) is 43.6 Å². The van der Waals surface area contributed by atoms with Crippen LogP contribution in [0.4, 0.5) is 0 Å². The van der Waals surface area contributed by atoms with E-state index in [0.29, 0.717) is 0 Å². The molecular formula is C24H24N4SSi. The molecule has 1 aliphatic rings. The van der Waals surface area contributed by atoms with E-state index in [1.54, 1.807) is 17.7 Å². The van der Waals surface area contributed by atoms with Crippen molar-refractivity contribution in [1.82, 2.24) is 19.5 Å². The van der Waals surface area contributed by atoms with Crippen LogP contribution in [0.25, 0.3) is 42.6 Å². The number of thiophene rings is 1. The number of benzene rings is 2. The first-order chi connectivity index (χ1) is 14.5. The van der Waals surface area contributed by atoms with Crippen LogP contribution < -0.4 is 5.19 Å². The number of rotatable bonds is 2. The Morgan fingerprint density at radius 2 is 1.90 bits per heavy atom. The standard InChI is InChI=1S/C24H24N4SSi/c1-30(2,3)18-13-16(12-15-8-4-5-9-17(15)18)20-23-21(26-14-25-20)22-24(29-23)27-19-10-6-7-11-28(19)22/h4-5,8-9,12-14H,6-7,10-11H2,1-3H3. The molecular weight excluding hydrogens is 404 g/mol. The fourth-order valence-corrected chi connectivity index (χ4v) is 7.55. The summed E-state index contributed by atoms with van der Waals surface area (Å²) in [6.45, 7) is 8.30. The van der Waals surface area contributed by atoms with Gasteiger partial charge in [-0.15, -0.1) is 11.3 Å². The van der Waals surface area contributed by atoms with E-state index in [-0.39, 0.29) is 0 Å². The van der Waals surface area contributed by atoms with E-state index in [9.17, 15) is 0 Å². The van der Waals surface area contributed by atoms with E-state index in [4.69, 9.17) is 15.0 Å². The summed E-state index contributed by atoms with van der Waals surface area (Å²) in [7, 11) is -1.52. The lowest BCUT2D eigenvalue weighted by atomic mass is 10.0. The maximum Gasteiger partial charge on any atom is 0.144 e. The van der Waals surface area contributed by atoms with Gasteiger partial charge in [-0.05, 0) is 29.7 Å². The van der Waals surface area contributed by atoms with E-state index in [0.717, 1.165) is 33.7 Å². The fraction of sp³-hybridized carbons (Fsp3) is 0.292. The van der Waals surface area contributed by atoms with Crippen molar-refractivity contribution in [2.75, 3.05) is 0 Å². The largest absolute Gasteiger partial charge is 0.325 e. The third-order valence-corrected chi connectivity index (χ3v) is 9.32. The monoisotopic (exact) mass is 428 g/mol. The zero-order valence-electron chi connectivity index (χ0n) is 17.6. The highest BCUT2D eigenvalue weighted by atomic mass is 32.1. The number of fused-ring (bicyclic) bond motifs is 6. The van der Waals surface area contributed by atoms with Gasteiger partial charge in [-0.2, -0.15) is 0 Å². The van der Waals surface area contributed by atoms with Gasteiger partial charge in [0.15, 0.2) is 0 Å². The highest BCUT2D eigenvalue weighted by Gasteiger charge is 2.24. The Morgan fingerprint density at radius 1 is 1.03 bits per heavy atom. The maximum atomic E-state index is 4.95. The third-order valence-electron chi connectivity index (χ3n) is 6.22. The molecule has 1 aliphatic heterocycles. The summed E-state index contributed by atoms with van der Waals surface area (Å²) in [5.74, 6) is 1.22. The van der Waals surface area contributed by atoms with Gasteiger partial charge < -0.3 is 4.57 Å². The lowest BCUT2D eigenvalue weighted by Gasteiger charge is -2.21. The van der Waals surface area contributed by atoms with Crippen LogP contribution in [0.15, 0.2) is 42.7 Å². The SMILES string of the molecule is C[Si](C)(C)c1cc(-c2ncnc3c2sc2nc4n(c23)CCCC4)cc2ccccc12. The van der Waals surface area contributed by atoms with Crippen LogP contribution in [0.3, 0.4) is 0 Å². The van der Waals surface area contributed by atoms with Crippen molar-refractivity contribution in [3.8, 4) is 11.3 Å². The molecule has 0 radical (unpaired) electrons. The van der Waals surface area contributed by atoms with Gasteiger partial charge in [0.2, 0.25) is 0 Å². The second-order valence-electron chi connectivity index (χ2n) is 9.29. The molecule has 6 rings (SSSR count). The number of aryl methyl sites for hydroxylation is 2. The van der Waals surface area contributed by atoms with E-state index >= 15 is 0 Å². The summed E-state index contributed by atoms with van der Waals surface area (Å²) in [5.41, 5.74) is 4.50. The predicted octanol–water partition coefficient (Wildman–Crippen LogP) is 5.74. The van der Waals surface area contributed by atoms with Gasteiger partial charge in [0.05, 0.1) is 18.5 Å². The molecule has 150 valence electrons. The van der Waals surface area contributed by atoms with Crippen LogP contribution in [-0.2, 0) is 13.0 Å². The van der Waals surface area contributed by atoms with Gasteiger partial charge >= 0.3 is 0 Å². The van der Waals surface area contributed by atoms with Crippen LogP contribution in [0.2, 0.25) is 19.6 Å². The first-order valence-electron chi connectivity index (χ1n) is 10.7. The summed E-state index contributed by atoms with van der Waals surface area (Å²) in [4.78, 5) is 15.5. The van der Waals surface area contributed by atoms with Crippen LogP contribution in [0, 0.1) is 0 Å². The van der Waals surface area contributed by atoms with E-state index in [1.165, 1.54) is 45.7 Å². The molecule has 0 unspecified atom stereocenters. The number of nitrogens with zero attached hydrogens (tertiary/aromatic N) is 4. The minimum absolute atomic E-state index is 1.04. The second kappa shape index (κ2) is 6.46. The maximum absolute atomic E-state index is 4.95. The molecule has 5 aromatic rings. The molecule has 0 fully saturated rings. The molecule has 0 bridgehead atoms. The second-order valence-corrected chi connectivity index (χ2v) is 15.3. The van der Waals surface area contributed by atoms with Gasteiger partial charge in [-0.1, -0.05) is 55.2 Å². The van der Waals surface area contributed by atoms with Crippen molar-refractivity contribution in [3.05, 3.63) is 48.5 Å². The molecule has 0 atom stereocenters. The van der Waals surface area contributed by atoms with E-state index in [2.05, 4.69) is 60.6 Å². The average molecular weight is 429 g/mol. The summed E-state index contributed by atoms with van der Waals surface area (Å²) >= 11 is 1.75. The molecule has 0 saturated heterocycles. The molecule has 4 heterocycles. The summed E-state index contributed by atoms with van der Waals surface area (Å²) in [5, 5.41) is 4.16. The van der Waals surface area contributed by atoms with E-state index < -0.39 is 8.07 Å². The molecule has 0 spiro atoms. The molecule has 4 nitrogen and oxygen atoms in total. The Balaban J connectivity index is 1.65. The highest BCUT2D eigenvalue weighted by molar-refractivity contribution is 7.25. The van der Waals surface area contributed by atoms with Crippen LogP contribution in [0.1, 0.15) is 18.7 Å². The van der Waals surface area contributed by atoms with Crippen molar-refractivity contribution in [2.24, 2.45) is 0 Å². The van der Waals surface area contributed by atoms with Crippen LogP contribution in [-0.4, -0.2) is 27.6 Å². The van der Waals surface area contributed by atoms with Gasteiger partial charge in [0, 0.05) is 18.5 Å². The van der Waals surface area contributed by atoms with Crippen molar-refractivity contribution >= 4 is 55.9 Å². The van der Waals surface area contributed by atoms with Gasteiger partial charge in [-0.25, -0.2) is 15.0 Å². The minimum atomic E-state index is -1.52. The smallest absolute Gasteiger partial charge is 0.144 e. The van der Waals surface area contributed by atoms with Gasteiger partial charge in [-0.3, -0.25) is 0 Å². The zero-order chi connectivity index (χ0) is 20.5. The van der Waals surface area contributed by atoms with E-state index in [1.807, 2.05) is 0 Å². The molecule has 30 heavy (non-hydrogen) atoms. The van der Waals surface area contributed by atoms with Crippen LogP contribution >= 0.6 is 11.3 Å². The Hall–Kier alpha value is -2.57. The number of imidazole rings is 1. The predicted molar refractivity (Wildman–Crippen MR) is 130 cm³/mol. The summed E-state index contributed by atoms with van der Waals surface area (Å²) in [6.07, 6.45) is 5.26. The molecule has 3 aromatic heterocycles. The molecule has 0 saturated carbocycles. The van der Waals surface area contributed by atoms with Crippen molar-refractivity contribution in [3.63, 3.8) is 0 Å². The first-order valence-corrected chi connectivity index (χ1v) is 15.0. The average Bonchev–Trinajstić information content (AvgIpc) is 3.28.